The Bertz CT molecular complexity index is 314. The van der Waals surface area contributed by atoms with Gasteiger partial charge in [-0.25, -0.2) is 0 Å². The topological polar surface area (TPSA) is 86.6 Å². The first-order chi connectivity index (χ1) is 7.73. The molecule has 5 heteroatoms. The summed E-state index contributed by atoms with van der Waals surface area (Å²) in [6.07, 6.45) is 0.426. The van der Waals surface area contributed by atoms with Gasteiger partial charge in [-0.1, -0.05) is 20.8 Å². The highest BCUT2D eigenvalue weighted by Crippen LogP contribution is 2.40. The Morgan fingerprint density at radius 3 is 2.41 bits per heavy atom. The van der Waals surface area contributed by atoms with Crippen LogP contribution in [0.15, 0.2) is 0 Å². The minimum absolute atomic E-state index is 0.00407. The lowest BCUT2D eigenvalue weighted by molar-refractivity contribution is -0.138. The molecule has 98 valence electrons. The zero-order chi connectivity index (χ0) is 13.2. The van der Waals surface area contributed by atoms with Crippen molar-refractivity contribution in [2.75, 3.05) is 0 Å². The quantitative estimate of drug-likeness (QED) is 0.665. The van der Waals surface area contributed by atoms with Crippen molar-refractivity contribution in [3.8, 4) is 0 Å². The summed E-state index contributed by atoms with van der Waals surface area (Å²) in [5.41, 5.74) is -0.286. The molecule has 0 radical (unpaired) electrons. The van der Waals surface area contributed by atoms with Crippen molar-refractivity contribution in [1.29, 1.82) is 0 Å². The van der Waals surface area contributed by atoms with Gasteiger partial charge in [0.15, 0.2) is 0 Å². The van der Waals surface area contributed by atoms with Crippen LogP contribution >= 0.6 is 0 Å². The Morgan fingerprint density at radius 1 is 1.41 bits per heavy atom. The summed E-state index contributed by atoms with van der Waals surface area (Å²) in [5.74, 6) is -1.19. The molecule has 0 aromatic rings. The van der Waals surface area contributed by atoms with Crippen LogP contribution in [0.5, 0.6) is 0 Å². The molecule has 1 amide bonds. The Hall–Kier alpha value is -1.10. The number of nitrogens with one attached hydrogen (secondary N) is 1. The van der Waals surface area contributed by atoms with Crippen LogP contribution in [0.4, 0.5) is 0 Å². The molecule has 0 heterocycles. The Balaban J connectivity index is 2.33. The highest BCUT2D eigenvalue weighted by atomic mass is 16.4. The van der Waals surface area contributed by atoms with Crippen molar-refractivity contribution >= 4 is 11.9 Å². The fraction of sp³-hybridized carbons (Fsp3) is 0.833. The second-order valence-electron chi connectivity index (χ2n) is 5.60. The monoisotopic (exact) mass is 243 g/mol. The highest BCUT2D eigenvalue weighted by Gasteiger charge is 2.47. The minimum atomic E-state index is -0.885. The van der Waals surface area contributed by atoms with Gasteiger partial charge < -0.3 is 15.5 Å². The van der Waals surface area contributed by atoms with E-state index >= 15 is 0 Å². The van der Waals surface area contributed by atoms with E-state index in [0.717, 1.165) is 0 Å². The number of carboxylic acid groups (broad SMARTS) is 1. The lowest BCUT2D eigenvalue weighted by Gasteiger charge is -2.49. The molecule has 3 unspecified atom stereocenters. The van der Waals surface area contributed by atoms with Crippen LogP contribution in [0.1, 0.15) is 40.0 Å². The minimum Gasteiger partial charge on any atom is -0.481 e. The first kappa shape index (κ1) is 14.0. The molecule has 0 spiro atoms. The maximum Gasteiger partial charge on any atom is 0.303 e. The summed E-state index contributed by atoms with van der Waals surface area (Å²) in [6.45, 7) is 5.56. The predicted molar refractivity (Wildman–Crippen MR) is 62.4 cm³/mol. The predicted octanol–water partition coefficient (Wildman–Crippen LogP) is 0.763. The number of carbonyl (C=O) groups excluding carboxylic acids is 1. The summed E-state index contributed by atoms with van der Waals surface area (Å²) in [4.78, 5) is 22.1. The van der Waals surface area contributed by atoms with Crippen LogP contribution in [-0.4, -0.2) is 34.2 Å². The zero-order valence-corrected chi connectivity index (χ0v) is 10.6. The van der Waals surface area contributed by atoms with Gasteiger partial charge in [-0.3, -0.25) is 9.59 Å². The summed E-state index contributed by atoms with van der Waals surface area (Å²) in [5, 5.41) is 21.0. The maximum atomic E-state index is 11.6. The molecular formula is C12H21NO4. The van der Waals surface area contributed by atoms with Crippen molar-refractivity contribution in [1.82, 2.24) is 5.32 Å². The molecule has 17 heavy (non-hydrogen) atoms. The number of rotatable bonds is 5. The molecule has 0 aromatic heterocycles. The molecule has 0 bridgehead atoms. The van der Waals surface area contributed by atoms with E-state index in [1.807, 2.05) is 13.8 Å². The van der Waals surface area contributed by atoms with E-state index in [4.69, 9.17) is 5.11 Å². The molecule has 5 nitrogen and oxygen atoms in total. The summed E-state index contributed by atoms with van der Waals surface area (Å²) >= 11 is 0. The van der Waals surface area contributed by atoms with Gasteiger partial charge in [0.2, 0.25) is 5.91 Å². The fourth-order valence-corrected chi connectivity index (χ4v) is 2.09. The summed E-state index contributed by atoms with van der Waals surface area (Å²) in [6, 6.07) is -0.0120. The molecular weight excluding hydrogens is 222 g/mol. The van der Waals surface area contributed by atoms with Gasteiger partial charge in [-0.05, 0) is 12.3 Å². The van der Waals surface area contributed by atoms with Gasteiger partial charge in [0, 0.05) is 24.3 Å². The number of aliphatic carboxylic acids is 1. The molecule has 1 fully saturated rings. The van der Waals surface area contributed by atoms with Gasteiger partial charge in [0.1, 0.15) is 0 Å². The van der Waals surface area contributed by atoms with E-state index in [9.17, 15) is 14.7 Å². The molecule has 3 N–H and O–H groups in total. The molecule has 1 aliphatic rings. The standard InChI is InChI=1S/C12H21NO4/c1-7(5-11(16)17)4-10(15)13-8-6-9(14)12(8,2)3/h7-9,14H,4-6H2,1-3H3,(H,13,15)(H,16,17). The number of carbonyl (C=O) groups is 2. The zero-order valence-electron chi connectivity index (χ0n) is 10.6. The average Bonchev–Trinajstić information content (AvgIpc) is 2.15. The Labute approximate surface area is 101 Å². The third-order valence-electron chi connectivity index (χ3n) is 3.61. The van der Waals surface area contributed by atoms with Gasteiger partial charge in [-0.2, -0.15) is 0 Å². The van der Waals surface area contributed by atoms with E-state index in [1.165, 1.54) is 0 Å². The summed E-state index contributed by atoms with van der Waals surface area (Å²) < 4.78 is 0. The first-order valence-electron chi connectivity index (χ1n) is 5.92. The molecule has 1 rings (SSSR count). The Kier molecular flexibility index (Phi) is 4.14. The number of aliphatic hydroxyl groups excluding tert-OH is 1. The molecule has 0 aromatic carbocycles. The number of carboxylic acids is 1. The van der Waals surface area contributed by atoms with E-state index in [2.05, 4.69) is 5.32 Å². The maximum absolute atomic E-state index is 11.6. The lowest BCUT2D eigenvalue weighted by Crippen LogP contribution is -2.61. The first-order valence-corrected chi connectivity index (χ1v) is 5.92. The average molecular weight is 243 g/mol. The number of hydrogen-bond acceptors (Lipinski definition) is 3. The third-order valence-corrected chi connectivity index (χ3v) is 3.61. The van der Waals surface area contributed by atoms with E-state index < -0.39 is 5.97 Å². The molecule has 1 saturated carbocycles. The largest absolute Gasteiger partial charge is 0.481 e. The van der Waals surface area contributed by atoms with Gasteiger partial charge in [0.25, 0.3) is 0 Å². The summed E-state index contributed by atoms with van der Waals surface area (Å²) in [7, 11) is 0. The van der Waals surface area contributed by atoms with Gasteiger partial charge in [0.05, 0.1) is 6.10 Å². The number of hydrogen-bond donors (Lipinski definition) is 3. The van der Waals surface area contributed by atoms with Gasteiger partial charge >= 0.3 is 5.97 Å². The smallest absolute Gasteiger partial charge is 0.303 e. The number of amides is 1. The van der Waals surface area contributed by atoms with Crippen LogP contribution < -0.4 is 5.32 Å². The molecule has 3 atom stereocenters. The second kappa shape index (κ2) is 5.04. The normalized spacial score (nSPS) is 28.0. The SMILES string of the molecule is CC(CC(=O)O)CC(=O)NC1CC(O)C1(C)C. The third kappa shape index (κ3) is 3.43. The van der Waals surface area contributed by atoms with Crippen LogP contribution in [0.25, 0.3) is 0 Å². The van der Waals surface area contributed by atoms with Crippen LogP contribution in [0.3, 0.4) is 0 Å². The van der Waals surface area contributed by atoms with E-state index in [1.54, 1.807) is 6.92 Å². The van der Waals surface area contributed by atoms with Crippen molar-refractivity contribution in [2.45, 2.75) is 52.2 Å². The fourth-order valence-electron chi connectivity index (χ4n) is 2.09. The Morgan fingerprint density at radius 2 is 2.00 bits per heavy atom. The molecule has 1 aliphatic carbocycles. The van der Waals surface area contributed by atoms with Crippen molar-refractivity contribution in [3.63, 3.8) is 0 Å². The van der Waals surface area contributed by atoms with Crippen LogP contribution in [0.2, 0.25) is 0 Å². The van der Waals surface area contributed by atoms with Crippen LogP contribution in [-0.2, 0) is 9.59 Å². The van der Waals surface area contributed by atoms with Gasteiger partial charge in [-0.15, -0.1) is 0 Å². The lowest BCUT2D eigenvalue weighted by atomic mass is 9.64. The van der Waals surface area contributed by atoms with E-state index in [0.29, 0.717) is 6.42 Å². The van der Waals surface area contributed by atoms with Crippen molar-refractivity contribution in [3.05, 3.63) is 0 Å². The van der Waals surface area contributed by atoms with Crippen LogP contribution in [0, 0.1) is 11.3 Å². The van der Waals surface area contributed by atoms with E-state index in [-0.39, 0.29) is 42.2 Å². The second-order valence-corrected chi connectivity index (χ2v) is 5.60. The highest BCUT2D eigenvalue weighted by molar-refractivity contribution is 5.77. The van der Waals surface area contributed by atoms with Crippen molar-refractivity contribution in [2.24, 2.45) is 11.3 Å². The number of aliphatic hydroxyl groups is 1. The molecule has 0 aliphatic heterocycles. The van der Waals surface area contributed by atoms with Crippen molar-refractivity contribution < 1.29 is 19.8 Å². The molecule has 0 saturated heterocycles.